The summed E-state index contributed by atoms with van der Waals surface area (Å²) in [5.74, 6) is 0.381. The molecule has 1 aliphatic heterocycles. The molecule has 0 N–H and O–H groups in total. The van der Waals surface area contributed by atoms with E-state index in [1.807, 2.05) is 0 Å². The third-order valence-electron chi connectivity index (χ3n) is 10.1. The number of hydrogen-bond donors (Lipinski definition) is 0. The third kappa shape index (κ3) is 4.68. The monoisotopic (exact) mass is 565 g/mol. The van der Waals surface area contributed by atoms with Crippen LogP contribution in [0.3, 0.4) is 0 Å². The molecule has 3 aliphatic rings. The Bertz CT molecular complexity index is 1720. The summed E-state index contributed by atoms with van der Waals surface area (Å²) in [6.45, 7) is 13.1. The van der Waals surface area contributed by atoms with E-state index in [-0.39, 0.29) is 23.7 Å². The standard InChI is InChI=1S/C39H40BNO2/c1-37(2)35-15-11-10-14-33(35)34-25-24-32(26-36(34)37)41(30-20-16-28(17-21-30)27-12-8-7-9-13-27)31-22-18-29(19-23-31)40-42-38(3,4)39(5,6)43-40/h7-16,18-26,28H,17H2,1-6H3. The molecule has 0 radical (unpaired) electrons. The molecule has 0 amide bonds. The first-order valence-corrected chi connectivity index (χ1v) is 15.5. The summed E-state index contributed by atoms with van der Waals surface area (Å²) in [5, 5.41) is 0. The molecule has 0 spiro atoms. The van der Waals surface area contributed by atoms with Gasteiger partial charge in [-0.25, -0.2) is 0 Å². The van der Waals surface area contributed by atoms with Crippen LogP contribution in [0.25, 0.3) is 11.1 Å². The van der Waals surface area contributed by atoms with Crippen LogP contribution >= 0.6 is 0 Å². The first-order chi connectivity index (χ1) is 20.5. The minimum Gasteiger partial charge on any atom is -0.399 e. The van der Waals surface area contributed by atoms with Gasteiger partial charge in [0.05, 0.1) is 11.2 Å². The topological polar surface area (TPSA) is 21.7 Å². The van der Waals surface area contributed by atoms with Gasteiger partial charge in [0.25, 0.3) is 0 Å². The summed E-state index contributed by atoms with van der Waals surface area (Å²) < 4.78 is 12.7. The minimum atomic E-state index is -0.382. The molecule has 0 aromatic heterocycles. The van der Waals surface area contributed by atoms with E-state index in [0.717, 1.165) is 23.3 Å². The summed E-state index contributed by atoms with van der Waals surface area (Å²) in [6, 6.07) is 35.3. The lowest BCUT2D eigenvalue weighted by molar-refractivity contribution is 0.00578. The second-order valence-electron chi connectivity index (χ2n) is 13.7. The normalized spacial score (nSPS) is 20.8. The van der Waals surface area contributed by atoms with Crippen molar-refractivity contribution in [3.8, 4) is 11.1 Å². The average Bonchev–Trinajstić information content (AvgIpc) is 3.38. The number of hydrogen-bond acceptors (Lipinski definition) is 3. The Morgan fingerprint density at radius 1 is 0.674 bits per heavy atom. The average molecular weight is 566 g/mol. The molecule has 1 heterocycles. The van der Waals surface area contributed by atoms with Crippen LogP contribution in [-0.4, -0.2) is 18.3 Å². The zero-order chi connectivity index (χ0) is 30.0. The molecule has 7 rings (SSSR count). The van der Waals surface area contributed by atoms with Gasteiger partial charge in [-0.15, -0.1) is 0 Å². The highest BCUT2D eigenvalue weighted by atomic mass is 16.7. The van der Waals surface area contributed by atoms with Crippen molar-refractivity contribution in [1.29, 1.82) is 0 Å². The molecule has 1 fully saturated rings. The lowest BCUT2D eigenvalue weighted by atomic mass is 9.79. The minimum absolute atomic E-state index is 0.0661. The fourth-order valence-electron chi connectivity index (χ4n) is 6.76. The predicted molar refractivity (Wildman–Crippen MR) is 179 cm³/mol. The van der Waals surface area contributed by atoms with Crippen molar-refractivity contribution in [2.75, 3.05) is 4.90 Å². The van der Waals surface area contributed by atoms with E-state index in [1.165, 1.54) is 33.5 Å². The van der Waals surface area contributed by atoms with Crippen LogP contribution in [0, 0.1) is 0 Å². The van der Waals surface area contributed by atoms with Gasteiger partial charge in [0.1, 0.15) is 0 Å². The summed E-state index contributed by atoms with van der Waals surface area (Å²) in [6.07, 6.45) is 7.98. The Labute approximate surface area is 257 Å². The molecule has 0 bridgehead atoms. The zero-order valence-corrected chi connectivity index (χ0v) is 26.1. The highest BCUT2D eigenvalue weighted by Gasteiger charge is 2.51. The number of nitrogens with zero attached hydrogens (tertiary/aromatic N) is 1. The van der Waals surface area contributed by atoms with Crippen molar-refractivity contribution in [1.82, 2.24) is 0 Å². The number of anilines is 2. The summed E-state index contributed by atoms with van der Waals surface area (Å²) in [4.78, 5) is 2.39. The lowest BCUT2D eigenvalue weighted by Crippen LogP contribution is -2.41. The zero-order valence-electron chi connectivity index (χ0n) is 26.1. The van der Waals surface area contributed by atoms with E-state index in [1.54, 1.807) is 0 Å². The Morgan fingerprint density at radius 3 is 1.98 bits per heavy atom. The van der Waals surface area contributed by atoms with Crippen LogP contribution in [-0.2, 0) is 14.7 Å². The van der Waals surface area contributed by atoms with Gasteiger partial charge in [-0.3, -0.25) is 0 Å². The molecule has 43 heavy (non-hydrogen) atoms. The van der Waals surface area contributed by atoms with Crippen LogP contribution < -0.4 is 10.4 Å². The van der Waals surface area contributed by atoms with Gasteiger partial charge >= 0.3 is 7.12 Å². The molecular formula is C39H40BNO2. The maximum Gasteiger partial charge on any atom is 0.494 e. The van der Waals surface area contributed by atoms with Gasteiger partial charge < -0.3 is 14.2 Å². The third-order valence-corrected chi connectivity index (χ3v) is 10.1. The van der Waals surface area contributed by atoms with E-state index >= 15 is 0 Å². The molecular weight excluding hydrogens is 525 g/mol. The fourth-order valence-corrected chi connectivity index (χ4v) is 6.76. The number of fused-ring (bicyclic) bond motifs is 3. The largest absolute Gasteiger partial charge is 0.494 e. The van der Waals surface area contributed by atoms with Crippen molar-refractivity contribution >= 4 is 24.0 Å². The van der Waals surface area contributed by atoms with Crippen LogP contribution in [0.1, 0.15) is 70.6 Å². The van der Waals surface area contributed by atoms with E-state index in [0.29, 0.717) is 5.92 Å². The molecule has 216 valence electrons. The Kier molecular flexibility index (Phi) is 6.57. The van der Waals surface area contributed by atoms with Crippen molar-refractivity contribution in [2.24, 2.45) is 0 Å². The van der Waals surface area contributed by atoms with Gasteiger partial charge in [0.15, 0.2) is 0 Å². The van der Waals surface area contributed by atoms with Crippen molar-refractivity contribution in [2.45, 2.75) is 70.5 Å². The molecule has 4 aromatic rings. The van der Waals surface area contributed by atoms with Gasteiger partial charge in [-0.05, 0) is 97.7 Å². The van der Waals surface area contributed by atoms with E-state index in [9.17, 15) is 0 Å². The van der Waals surface area contributed by atoms with Crippen molar-refractivity contribution in [3.63, 3.8) is 0 Å². The Hall–Kier alpha value is -3.86. The smallest absolute Gasteiger partial charge is 0.399 e. The lowest BCUT2D eigenvalue weighted by Gasteiger charge is -2.32. The van der Waals surface area contributed by atoms with Crippen molar-refractivity contribution in [3.05, 3.63) is 138 Å². The van der Waals surface area contributed by atoms with Crippen LogP contribution in [0.2, 0.25) is 0 Å². The predicted octanol–water partition coefficient (Wildman–Crippen LogP) is 9.06. The molecule has 1 atom stereocenters. The number of allylic oxidation sites excluding steroid dienone is 3. The number of rotatable bonds is 5. The first kappa shape index (κ1) is 27.9. The van der Waals surface area contributed by atoms with Gasteiger partial charge in [0, 0.05) is 28.4 Å². The SMILES string of the molecule is CC1(C)c2ccccc2-c2ccc(N(C3=CCC(c4ccccc4)C=C3)c3ccc(B4OC(C)(C)C(C)(C)O4)cc3)cc21. The van der Waals surface area contributed by atoms with Crippen LogP contribution in [0.4, 0.5) is 11.4 Å². The van der Waals surface area contributed by atoms with Crippen molar-refractivity contribution < 1.29 is 9.31 Å². The first-order valence-electron chi connectivity index (χ1n) is 15.5. The van der Waals surface area contributed by atoms with Gasteiger partial charge in [0.2, 0.25) is 0 Å². The molecule has 2 aliphatic carbocycles. The highest BCUT2D eigenvalue weighted by Crippen LogP contribution is 2.50. The molecule has 1 unspecified atom stereocenters. The summed E-state index contributed by atoms with van der Waals surface area (Å²) >= 11 is 0. The second-order valence-corrected chi connectivity index (χ2v) is 13.7. The van der Waals surface area contributed by atoms with E-state index in [2.05, 4.69) is 162 Å². The molecule has 3 nitrogen and oxygen atoms in total. The maximum atomic E-state index is 6.35. The number of benzene rings is 4. The van der Waals surface area contributed by atoms with Crippen LogP contribution in [0.5, 0.6) is 0 Å². The molecule has 0 saturated carbocycles. The Morgan fingerprint density at radius 2 is 1.30 bits per heavy atom. The highest BCUT2D eigenvalue weighted by molar-refractivity contribution is 6.62. The second kappa shape index (κ2) is 10.1. The maximum absolute atomic E-state index is 6.35. The summed E-state index contributed by atoms with van der Waals surface area (Å²) in [7, 11) is -0.382. The quantitative estimate of drug-likeness (QED) is 0.225. The molecule has 1 saturated heterocycles. The van der Waals surface area contributed by atoms with Crippen LogP contribution in [0.15, 0.2) is 121 Å². The van der Waals surface area contributed by atoms with Gasteiger partial charge in [-0.2, -0.15) is 0 Å². The Balaban J connectivity index is 1.27. The molecule has 4 heteroatoms. The molecule has 4 aromatic carbocycles. The fraction of sp³-hybridized carbons (Fsp3) is 0.282. The van der Waals surface area contributed by atoms with Gasteiger partial charge in [-0.1, -0.05) is 98.8 Å². The summed E-state index contributed by atoms with van der Waals surface area (Å²) in [5.41, 5.74) is 10.5. The van der Waals surface area contributed by atoms with E-state index < -0.39 is 0 Å². The van der Waals surface area contributed by atoms with E-state index in [4.69, 9.17) is 9.31 Å².